The van der Waals surface area contributed by atoms with Crippen molar-refractivity contribution in [3.63, 3.8) is 0 Å². The van der Waals surface area contributed by atoms with Crippen LogP contribution in [0, 0.1) is 19.8 Å². The van der Waals surface area contributed by atoms with Crippen LogP contribution in [-0.2, 0) is 25.4 Å². The number of imidazole rings is 2. The summed E-state index contributed by atoms with van der Waals surface area (Å²) in [5.74, 6) is 3.47. The van der Waals surface area contributed by atoms with Crippen molar-refractivity contribution in [2.75, 3.05) is 23.3 Å². The minimum Gasteiger partial charge on any atom is -0.341 e. The molecule has 38 heavy (non-hydrogen) atoms. The molecule has 1 fully saturated rings. The number of hydrogen-bond donors (Lipinski definition) is 1. The molecule has 0 aliphatic carbocycles. The molecular weight excluding hydrogens is 472 g/mol. The molecule has 1 aromatic carbocycles. The zero-order valence-corrected chi connectivity index (χ0v) is 24.0. The first-order valence-electron chi connectivity index (χ1n) is 14.0. The summed E-state index contributed by atoms with van der Waals surface area (Å²) in [4.78, 5) is 21.5. The fourth-order valence-corrected chi connectivity index (χ4v) is 5.44. The summed E-state index contributed by atoms with van der Waals surface area (Å²) in [5, 5.41) is 3.65. The number of benzene rings is 1. The molecule has 3 aromatic heterocycles. The number of aromatic nitrogens is 6. The molecule has 0 unspecified atom stereocenters. The molecule has 1 N–H and O–H groups in total. The van der Waals surface area contributed by atoms with Crippen LogP contribution in [-0.4, -0.2) is 42.2 Å². The van der Waals surface area contributed by atoms with Crippen molar-refractivity contribution in [1.82, 2.24) is 29.1 Å². The number of hydrogen-bond acceptors (Lipinski definition) is 6. The van der Waals surface area contributed by atoms with Gasteiger partial charge in [-0.1, -0.05) is 39.8 Å². The van der Waals surface area contributed by atoms with Gasteiger partial charge >= 0.3 is 0 Å². The van der Waals surface area contributed by atoms with Crippen molar-refractivity contribution in [2.45, 2.75) is 79.2 Å². The van der Waals surface area contributed by atoms with Crippen LogP contribution >= 0.6 is 0 Å². The topological polar surface area (TPSA) is 76.7 Å². The molecule has 0 atom stereocenters. The van der Waals surface area contributed by atoms with Crippen LogP contribution in [0.5, 0.6) is 0 Å². The number of anilines is 3. The van der Waals surface area contributed by atoms with Crippen molar-refractivity contribution in [3.8, 4) is 0 Å². The average Bonchev–Trinajstić information content (AvgIpc) is 3.45. The summed E-state index contributed by atoms with van der Waals surface area (Å²) in [6, 6.07) is 6.65. The molecule has 1 aliphatic rings. The Morgan fingerprint density at radius 3 is 2.53 bits per heavy atom. The summed E-state index contributed by atoms with van der Waals surface area (Å²) in [7, 11) is 2.00. The molecule has 8 nitrogen and oxygen atoms in total. The monoisotopic (exact) mass is 514 g/mol. The summed E-state index contributed by atoms with van der Waals surface area (Å²) < 4.78 is 4.34. The molecule has 1 aliphatic heterocycles. The first kappa shape index (κ1) is 26.2. The standard InChI is InChI=1S/C30H42N8/c1-8-25-32-21(3)18-38(25)16-13-22-11-14-37(15-12-22)29-34-27-26(36(7)19-31-27)28(35-29)33-24-17-23(30(4,5)6)10-9-20(24)2/h9-10,17-19,22H,8,11-16H2,1-7H3,(H,33,34,35). The van der Waals surface area contributed by atoms with Crippen LogP contribution in [0.25, 0.3) is 11.2 Å². The molecule has 5 rings (SSSR count). The van der Waals surface area contributed by atoms with Crippen LogP contribution < -0.4 is 10.2 Å². The lowest BCUT2D eigenvalue weighted by atomic mass is 9.86. The molecule has 0 amide bonds. The highest BCUT2D eigenvalue weighted by atomic mass is 15.3. The largest absolute Gasteiger partial charge is 0.341 e. The molecule has 0 bridgehead atoms. The van der Waals surface area contributed by atoms with Crippen molar-refractivity contribution in [2.24, 2.45) is 13.0 Å². The summed E-state index contributed by atoms with van der Waals surface area (Å²) in [6.07, 6.45) is 8.48. The van der Waals surface area contributed by atoms with Gasteiger partial charge in [0.25, 0.3) is 0 Å². The van der Waals surface area contributed by atoms with E-state index in [2.05, 4.69) is 90.7 Å². The van der Waals surface area contributed by atoms with Crippen LogP contribution in [0.15, 0.2) is 30.7 Å². The van der Waals surface area contributed by atoms with Gasteiger partial charge in [-0.3, -0.25) is 0 Å². The van der Waals surface area contributed by atoms with Crippen LogP contribution in [0.4, 0.5) is 17.5 Å². The maximum Gasteiger partial charge on any atom is 0.229 e. The van der Waals surface area contributed by atoms with E-state index in [0.717, 1.165) is 73.2 Å². The first-order valence-corrected chi connectivity index (χ1v) is 14.0. The molecule has 4 aromatic rings. The second-order valence-corrected chi connectivity index (χ2v) is 11.9. The van der Waals surface area contributed by atoms with Crippen LogP contribution in [0.2, 0.25) is 0 Å². The van der Waals surface area contributed by atoms with Gasteiger partial charge in [0.15, 0.2) is 11.5 Å². The van der Waals surface area contributed by atoms with E-state index in [-0.39, 0.29) is 5.41 Å². The Bertz CT molecular complexity index is 1420. The summed E-state index contributed by atoms with van der Waals surface area (Å²) in [6.45, 7) is 16.1. The second kappa shape index (κ2) is 10.4. The number of fused-ring (bicyclic) bond motifs is 1. The van der Waals surface area contributed by atoms with Gasteiger partial charge in [0.2, 0.25) is 5.95 Å². The third-order valence-electron chi connectivity index (χ3n) is 7.89. The van der Waals surface area contributed by atoms with E-state index < -0.39 is 0 Å². The Morgan fingerprint density at radius 2 is 1.82 bits per heavy atom. The predicted octanol–water partition coefficient (Wildman–Crippen LogP) is 6.09. The Labute approximate surface area is 226 Å². The van der Waals surface area contributed by atoms with Gasteiger partial charge in [0.1, 0.15) is 11.3 Å². The number of nitrogens with zero attached hydrogens (tertiary/aromatic N) is 7. The van der Waals surface area contributed by atoms with Crippen LogP contribution in [0.3, 0.4) is 0 Å². The van der Waals surface area contributed by atoms with Gasteiger partial charge in [-0.05, 0) is 61.6 Å². The van der Waals surface area contributed by atoms with Crippen molar-refractivity contribution >= 4 is 28.6 Å². The highest BCUT2D eigenvalue weighted by molar-refractivity contribution is 5.87. The first-order chi connectivity index (χ1) is 18.1. The zero-order chi connectivity index (χ0) is 27.0. The molecule has 202 valence electrons. The number of nitrogens with one attached hydrogen (secondary N) is 1. The average molecular weight is 515 g/mol. The van der Waals surface area contributed by atoms with Crippen LogP contribution in [0.1, 0.15) is 69.6 Å². The third kappa shape index (κ3) is 5.40. The van der Waals surface area contributed by atoms with Crippen molar-refractivity contribution in [3.05, 3.63) is 53.4 Å². The number of rotatable bonds is 7. The van der Waals surface area contributed by atoms with Gasteiger partial charge in [-0.15, -0.1) is 0 Å². The SMILES string of the molecule is CCc1nc(C)cn1CCC1CCN(c2nc(Nc3cc(C(C)(C)C)ccc3C)c3c(ncn3C)n2)CC1. The van der Waals surface area contributed by atoms with Crippen molar-refractivity contribution < 1.29 is 0 Å². The summed E-state index contributed by atoms with van der Waals surface area (Å²) in [5.41, 5.74) is 6.39. The molecule has 0 saturated carbocycles. The minimum absolute atomic E-state index is 0.0714. The molecule has 8 heteroatoms. The van der Waals surface area contributed by atoms with E-state index in [1.54, 1.807) is 0 Å². The fraction of sp³-hybridized carbons (Fsp3) is 0.533. The Kier molecular flexibility index (Phi) is 7.16. The molecule has 1 saturated heterocycles. The fourth-order valence-electron chi connectivity index (χ4n) is 5.44. The quantitative estimate of drug-likeness (QED) is 0.322. The zero-order valence-electron chi connectivity index (χ0n) is 24.0. The van der Waals surface area contributed by atoms with Gasteiger partial charge in [0, 0.05) is 45.0 Å². The molecule has 0 radical (unpaired) electrons. The van der Waals surface area contributed by atoms with E-state index in [9.17, 15) is 0 Å². The Hall–Kier alpha value is -3.42. The van der Waals surface area contributed by atoms with E-state index in [0.29, 0.717) is 5.92 Å². The lowest BCUT2D eigenvalue weighted by Crippen LogP contribution is -2.35. The van der Waals surface area contributed by atoms with E-state index >= 15 is 0 Å². The Balaban J connectivity index is 1.33. The normalized spacial score (nSPS) is 15.0. The van der Waals surface area contributed by atoms with Gasteiger partial charge in [-0.2, -0.15) is 9.97 Å². The maximum atomic E-state index is 5.06. The molecule has 4 heterocycles. The highest BCUT2D eigenvalue weighted by Crippen LogP contribution is 2.32. The van der Waals surface area contributed by atoms with E-state index in [4.69, 9.17) is 9.97 Å². The second-order valence-electron chi connectivity index (χ2n) is 11.9. The predicted molar refractivity (Wildman–Crippen MR) is 155 cm³/mol. The van der Waals surface area contributed by atoms with Crippen molar-refractivity contribution in [1.29, 1.82) is 0 Å². The Morgan fingerprint density at radius 1 is 1.05 bits per heavy atom. The molecule has 0 spiro atoms. The third-order valence-corrected chi connectivity index (χ3v) is 7.89. The van der Waals surface area contributed by atoms with Gasteiger partial charge in [-0.25, -0.2) is 9.97 Å². The lowest BCUT2D eigenvalue weighted by molar-refractivity contribution is 0.357. The lowest BCUT2D eigenvalue weighted by Gasteiger charge is -2.32. The maximum absolute atomic E-state index is 5.06. The summed E-state index contributed by atoms with van der Waals surface area (Å²) >= 11 is 0. The van der Waals surface area contributed by atoms with E-state index in [1.807, 2.05) is 17.9 Å². The highest BCUT2D eigenvalue weighted by Gasteiger charge is 2.24. The number of aryl methyl sites for hydroxylation is 5. The minimum atomic E-state index is 0.0714. The van der Waals surface area contributed by atoms with Gasteiger partial charge in [0.05, 0.1) is 12.0 Å². The van der Waals surface area contributed by atoms with E-state index in [1.165, 1.54) is 23.4 Å². The van der Waals surface area contributed by atoms with Gasteiger partial charge < -0.3 is 19.4 Å². The number of piperidine rings is 1. The smallest absolute Gasteiger partial charge is 0.229 e. The molecular formula is C30H42N8.